The topological polar surface area (TPSA) is 29.5 Å². The van der Waals surface area contributed by atoms with E-state index in [1.165, 1.54) is 6.07 Å². The van der Waals surface area contributed by atoms with Gasteiger partial charge in [0.25, 0.3) is 0 Å². The molecule has 1 saturated heterocycles. The molecular formula is C15H20FNO2. The van der Waals surface area contributed by atoms with Crippen LogP contribution in [-0.2, 0) is 16.0 Å². The average molecular weight is 265 g/mol. The van der Waals surface area contributed by atoms with Crippen molar-refractivity contribution in [3.63, 3.8) is 0 Å². The van der Waals surface area contributed by atoms with Crippen LogP contribution in [0.1, 0.15) is 18.9 Å². The van der Waals surface area contributed by atoms with E-state index in [9.17, 15) is 9.18 Å². The van der Waals surface area contributed by atoms with Crippen molar-refractivity contribution in [1.82, 2.24) is 4.90 Å². The van der Waals surface area contributed by atoms with Gasteiger partial charge >= 0.3 is 0 Å². The first-order chi connectivity index (χ1) is 9.20. The Kier molecular flexibility index (Phi) is 5.05. The SMILES string of the molecule is CCC1COCCN1CC(=O)Cc1ccccc1F. The van der Waals surface area contributed by atoms with Crippen molar-refractivity contribution in [1.29, 1.82) is 0 Å². The van der Waals surface area contributed by atoms with Crippen molar-refractivity contribution >= 4 is 5.78 Å². The Morgan fingerprint density at radius 1 is 1.47 bits per heavy atom. The molecule has 4 heteroatoms. The zero-order valence-electron chi connectivity index (χ0n) is 11.3. The number of ketones is 1. The van der Waals surface area contributed by atoms with E-state index in [0.29, 0.717) is 31.4 Å². The third-order valence-electron chi connectivity index (χ3n) is 3.55. The van der Waals surface area contributed by atoms with Crippen molar-refractivity contribution in [3.8, 4) is 0 Å². The first-order valence-corrected chi connectivity index (χ1v) is 6.77. The molecule has 1 heterocycles. The lowest BCUT2D eigenvalue weighted by Gasteiger charge is -2.34. The number of morpholine rings is 1. The van der Waals surface area contributed by atoms with Gasteiger partial charge in [-0.1, -0.05) is 25.1 Å². The fourth-order valence-corrected chi connectivity index (χ4v) is 2.41. The summed E-state index contributed by atoms with van der Waals surface area (Å²) in [4.78, 5) is 14.2. The molecule has 2 rings (SSSR count). The summed E-state index contributed by atoms with van der Waals surface area (Å²) >= 11 is 0. The predicted octanol–water partition coefficient (Wildman–Crippen LogP) is 2.05. The lowest BCUT2D eigenvalue weighted by molar-refractivity contribution is -0.122. The minimum Gasteiger partial charge on any atom is -0.378 e. The Hall–Kier alpha value is -1.26. The molecule has 0 bridgehead atoms. The van der Waals surface area contributed by atoms with E-state index in [-0.39, 0.29) is 18.0 Å². The highest BCUT2D eigenvalue weighted by Gasteiger charge is 2.23. The van der Waals surface area contributed by atoms with Gasteiger partial charge in [0.2, 0.25) is 0 Å². The van der Waals surface area contributed by atoms with Gasteiger partial charge in [-0.3, -0.25) is 9.69 Å². The second kappa shape index (κ2) is 6.78. The van der Waals surface area contributed by atoms with Gasteiger partial charge < -0.3 is 4.74 Å². The quantitative estimate of drug-likeness (QED) is 0.816. The largest absolute Gasteiger partial charge is 0.378 e. The zero-order valence-corrected chi connectivity index (χ0v) is 11.3. The summed E-state index contributed by atoms with van der Waals surface area (Å²) in [5.74, 6) is -0.240. The fourth-order valence-electron chi connectivity index (χ4n) is 2.41. The van der Waals surface area contributed by atoms with Crippen LogP contribution in [0.25, 0.3) is 0 Å². The van der Waals surface area contributed by atoms with Crippen molar-refractivity contribution in [3.05, 3.63) is 35.6 Å². The Bertz CT molecular complexity index is 436. The van der Waals surface area contributed by atoms with Crippen molar-refractivity contribution in [2.24, 2.45) is 0 Å². The van der Waals surface area contributed by atoms with Gasteiger partial charge in [-0.15, -0.1) is 0 Å². The van der Waals surface area contributed by atoms with E-state index in [1.54, 1.807) is 18.2 Å². The van der Waals surface area contributed by atoms with Crippen LogP contribution >= 0.6 is 0 Å². The lowest BCUT2D eigenvalue weighted by atomic mass is 10.1. The van der Waals surface area contributed by atoms with Crippen LogP contribution in [0.15, 0.2) is 24.3 Å². The Morgan fingerprint density at radius 2 is 2.26 bits per heavy atom. The van der Waals surface area contributed by atoms with Gasteiger partial charge in [0.05, 0.1) is 19.8 Å². The first kappa shape index (κ1) is 14.2. The third kappa shape index (κ3) is 3.85. The Balaban J connectivity index is 1.92. The fraction of sp³-hybridized carbons (Fsp3) is 0.533. The van der Waals surface area contributed by atoms with Crippen molar-refractivity contribution in [2.45, 2.75) is 25.8 Å². The highest BCUT2D eigenvalue weighted by molar-refractivity contribution is 5.82. The molecule has 1 aliphatic heterocycles. The normalized spacial score (nSPS) is 20.4. The third-order valence-corrected chi connectivity index (χ3v) is 3.55. The number of hydrogen-bond donors (Lipinski definition) is 0. The second-order valence-electron chi connectivity index (χ2n) is 4.91. The van der Waals surface area contributed by atoms with Crippen LogP contribution in [-0.4, -0.2) is 43.0 Å². The van der Waals surface area contributed by atoms with E-state index < -0.39 is 0 Å². The maximum atomic E-state index is 13.5. The van der Waals surface area contributed by atoms with Gasteiger partial charge in [0.15, 0.2) is 5.78 Å². The number of benzene rings is 1. The Labute approximate surface area is 113 Å². The van der Waals surface area contributed by atoms with E-state index in [2.05, 4.69) is 11.8 Å². The van der Waals surface area contributed by atoms with Gasteiger partial charge in [-0.25, -0.2) is 4.39 Å². The molecule has 19 heavy (non-hydrogen) atoms. The predicted molar refractivity (Wildman–Crippen MR) is 71.6 cm³/mol. The number of Topliss-reactive ketones (excluding diaryl/α,β-unsaturated/α-hetero) is 1. The molecule has 0 radical (unpaired) electrons. The standard InChI is InChI=1S/C15H20FNO2/c1-2-13-11-19-8-7-17(13)10-14(18)9-12-5-3-4-6-15(12)16/h3-6,13H,2,7-11H2,1H3. The monoisotopic (exact) mass is 265 g/mol. The number of halogens is 1. The van der Waals surface area contributed by atoms with E-state index in [4.69, 9.17) is 4.74 Å². The van der Waals surface area contributed by atoms with E-state index >= 15 is 0 Å². The molecule has 3 nitrogen and oxygen atoms in total. The number of carbonyl (C=O) groups is 1. The highest BCUT2D eigenvalue weighted by Crippen LogP contribution is 2.12. The first-order valence-electron chi connectivity index (χ1n) is 6.77. The molecule has 0 saturated carbocycles. The summed E-state index contributed by atoms with van der Waals surface area (Å²) < 4.78 is 18.9. The zero-order chi connectivity index (χ0) is 13.7. The van der Waals surface area contributed by atoms with E-state index in [0.717, 1.165) is 13.0 Å². The highest BCUT2D eigenvalue weighted by atomic mass is 19.1. The summed E-state index contributed by atoms with van der Waals surface area (Å²) in [5, 5.41) is 0. The Morgan fingerprint density at radius 3 is 3.00 bits per heavy atom. The number of ether oxygens (including phenoxy) is 1. The number of hydrogen-bond acceptors (Lipinski definition) is 3. The summed E-state index contributed by atoms with van der Waals surface area (Å²) in [6.07, 6.45) is 1.13. The molecule has 0 N–H and O–H groups in total. The van der Waals surface area contributed by atoms with Crippen molar-refractivity contribution in [2.75, 3.05) is 26.3 Å². The van der Waals surface area contributed by atoms with Crippen LogP contribution in [0.5, 0.6) is 0 Å². The minimum absolute atomic E-state index is 0.0606. The van der Waals surface area contributed by atoms with Gasteiger partial charge in [-0.2, -0.15) is 0 Å². The summed E-state index contributed by atoms with van der Waals surface area (Å²) in [6, 6.07) is 6.77. The molecule has 1 fully saturated rings. The molecule has 1 atom stereocenters. The molecule has 1 aliphatic rings. The van der Waals surface area contributed by atoms with Gasteiger partial charge in [0, 0.05) is 19.0 Å². The number of rotatable bonds is 5. The smallest absolute Gasteiger partial charge is 0.151 e. The maximum absolute atomic E-state index is 13.5. The van der Waals surface area contributed by atoms with E-state index in [1.807, 2.05) is 0 Å². The maximum Gasteiger partial charge on any atom is 0.151 e. The molecule has 0 spiro atoms. The van der Waals surface area contributed by atoms with Crippen LogP contribution in [0, 0.1) is 5.82 Å². The van der Waals surface area contributed by atoms with Gasteiger partial charge in [0.1, 0.15) is 5.82 Å². The van der Waals surface area contributed by atoms with Crippen LogP contribution < -0.4 is 0 Å². The van der Waals surface area contributed by atoms with Crippen molar-refractivity contribution < 1.29 is 13.9 Å². The lowest BCUT2D eigenvalue weighted by Crippen LogP contribution is -2.47. The summed E-state index contributed by atoms with van der Waals surface area (Å²) in [6.45, 7) is 4.61. The molecule has 0 amide bonds. The van der Waals surface area contributed by atoms with Gasteiger partial charge in [-0.05, 0) is 18.1 Å². The molecular weight excluding hydrogens is 245 g/mol. The van der Waals surface area contributed by atoms with Crippen LogP contribution in [0.3, 0.4) is 0 Å². The van der Waals surface area contributed by atoms with Crippen LogP contribution in [0.2, 0.25) is 0 Å². The molecule has 1 unspecified atom stereocenters. The molecule has 1 aromatic carbocycles. The summed E-state index contributed by atoms with van der Waals surface area (Å²) in [7, 11) is 0. The molecule has 104 valence electrons. The molecule has 0 aromatic heterocycles. The second-order valence-corrected chi connectivity index (χ2v) is 4.91. The van der Waals surface area contributed by atoms with Crippen LogP contribution in [0.4, 0.5) is 4.39 Å². The number of nitrogens with zero attached hydrogens (tertiary/aromatic N) is 1. The number of carbonyl (C=O) groups excluding carboxylic acids is 1. The summed E-state index contributed by atoms with van der Waals surface area (Å²) in [5.41, 5.74) is 0.480. The molecule has 0 aliphatic carbocycles. The minimum atomic E-state index is -0.301. The average Bonchev–Trinajstić information content (AvgIpc) is 2.42. The molecule has 1 aromatic rings.